The van der Waals surface area contributed by atoms with Crippen molar-refractivity contribution in [2.75, 3.05) is 0 Å². The van der Waals surface area contributed by atoms with Crippen molar-refractivity contribution in [3.63, 3.8) is 0 Å². The molecule has 0 fully saturated rings. The summed E-state index contributed by atoms with van der Waals surface area (Å²) in [5, 5.41) is 3.68. The van der Waals surface area contributed by atoms with E-state index in [1.54, 1.807) is 0 Å². The number of rotatable bonds is 7. The monoisotopic (exact) mass is 581 g/mol. The lowest BCUT2D eigenvalue weighted by atomic mass is 10.0. The molecule has 0 aliphatic carbocycles. The molecule has 0 radical (unpaired) electrons. The number of nitrogens with one attached hydrogen (secondary N) is 1. The van der Waals surface area contributed by atoms with Gasteiger partial charge in [0.05, 0.1) is 5.52 Å². The first-order chi connectivity index (χ1) is 22.2. The lowest BCUT2D eigenvalue weighted by Gasteiger charge is -2.12. The fourth-order valence-corrected chi connectivity index (χ4v) is 6.44. The molecule has 0 saturated heterocycles. The minimum absolute atomic E-state index is 0.633. The zero-order valence-corrected chi connectivity index (χ0v) is 25.0. The number of aromatic amines is 1. The first-order valence-corrected chi connectivity index (χ1v) is 15.4. The fourth-order valence-electron chi connectivity index (χ4n) is 6.44. The van der Waals surface area contributed by atoms with Crippen LogP contribution in [0.5, 0.6) is 0 Å². The van der Waals surface area contributed by atoms with Crippen molar-refractivity contribution in [2.45, 2.75) is 19.8 Å². The highest BCUT2D eigenvalue weighted by molar-refractivity contribution is 6.12. The Morgan fingerprint density at radius 2 is 1.24 bits per heavy atom. The number of fused-ring (bicyclic) bond motifs is 4. The SMILES string of the molecule is C=Cc1c(CCC)c2cc3[nH]c4ccccc4c3cc2n1-c1cccc(-c2nc(-c3ccccc3)nc(-c3ccccc3)n2)c1. The fraction of sp³-hybridized carbons (Fsp3) is 0.0750. The van der Waals surface area contributed by atoms with Gasteiger partial charge in [-0.3, -0.25) is 0 Å². The van der Waals surface area contributed by atoms with Crippen molar-refractivity contribution in [2.24, 2.45) is 0 Å². The summed E-state index contributed by atoms with van der Waals surface area (Å²) in [6, 6.07) is 41.8. The van der Waals surface area contributed by atoms with Gasteiger partial charge in [-0.25, -0.2) is 15.0 Å². The van der Waals surface area contributed by atoms with E-state index in [4.69, 9.17) is 15.0 Å². The van der Waals surface area contributed by atoms with Gasteiger partial charge in [-0.2, -0.15) is 0 Å². The van der Waals surface area contributed by atoms with Crippen LogP contribution in [0.25, 0.3) is 78.6 Å². The minimum Gasteiger partial charge on any atom is -0.354 e. The van der Waals surface area contributed by atoms with Gasteiger partial charge in [-0.05, 0) is 48.4 Å². The van der Waals surface area contributed by atoms with Gasteiger partial charge < -0.3 is 9.55 Å². The third-order valence-corrected chi connectivity index (χ3v) is 8.49. The number of hydrogen-bond donors (Lipinski definition) is 1. The summed E-state index contributed by atoms with van der Waals surface area (Å²) < 4.78 is 2.34. The maximum Gasteiger partial charge on any atom is 0.164 e. The number of para-hydroxylation sites is 1. The molecule has 5 nitrogen and oxygen atoms in total. The minimum atomic E-state index is 0.633. The summed E-state index contributed by atoms with van der Waals surface area (Å²) in [5.41, 5.74) is 9.75. The van der Waals surface area contributed by atoms with E-state index in [2.05, 4.69) is 83.7 Å². The first kappa shape index (κ1) is 26.8. The standard InChI is InChI=1S/C40H31N5/c1-3-14-31-33-24-35-32(30-21-11-12-22-34(30)41-35)25-37(33)45(36(31)4-2)29-20-13-19-28(23-29)40-43-38(26-15-7-5-8-16-26)42-39(44-40)27-17-9-6-10-18-27/h4-13,15-25,41H,2-3,14H2,1H3. The van der Waals surface area contributed by atoms with Gasteiger partial charge in [0.25, 0.3) is 0 Å². The number of aromatic nitrogens is 5. The molecule has 3 heterocycles. The van der Waals surface area contributed by atoms with E-state index in [-0.39, 0.29) is 0 Å². The zero-order chi connectivity index (χ0) is 30.3. The third-order valence-electron chi connectivity index (χ3n) is 8.49. The summed E-state index contributed by atoms with van der Waals surface area (Å²) >= 11 is 0. The van der Waals surface area contributed by atoms with E-state index in [1.807, 2.05) is 66.7 Å². The van der Waals surface area contributed by atoms with Crippen molar-refractivity contribution < 1.29 is 0 Å². The highest BCUT2D eigenvalue weighted by Gasteiger charge is 2.19. The second-order valence-electron chi connectivity index (χ2n) is 11.3. The van der Waals surface area contributed by atoms with Crippen molar-refractivity contribution in [3.8, 4) is 39.9 Å². The van der Waals surface area contributed by atoms with Crippen LogP contribution in [0.3, 0.4) is 0 Å². The molecule has 5 aromatic carbocycles. The largest absolute Gasteiger partial charge is 0.354 e. The summed E-state index contributed by atoms with van der Waals surface area (Å²) in [4.78, 5) is 18.5. The van der Waals surface area contributed by atoms with Gasteiger partial charge in [0.1, 0.15) is 0 Å². The zero-order valence-electron chi connectivity index (χ0n) is 25.0. The van der Waals surface area contributed by atoms with Gasteiger partial charge in [0, 0.05) is 55.3 Å². The quantitative estimate of drug-likeness (QED) is 0.204. The molecule has 216 valence electrons. The summed E-state index contributed by atoms with van der Waals surface area (Å²) in [5.74, 6) is 1.93. The number of benzene rings is 5. The van der Waals surface area contributed by atoms with Crippen LogP contribution < -0.4 is 0 Å². The molecule has 0 unspecified atom stereocenters. The highest BCUT2D eigenvalue weighted by atomic mass is 15.0. The molecule has 8 aromatic rings. The van der Waals surface area contributed by atoms with Crippen molar-refractivity contribution in [1.29, 1.82) is 0 Å². The maximum absolute atomic E-state index is 4.99. The second kappa shape index (κ2) is 11.0. The molecule has 0 bridgehead atoms. The molecule has 5 heteroatoms. The molecular weight excluding hydrogens is 550 g/mol. The molecule has 0 atom stereocenters. The summed E-state index contributed by atoms with van der Waals surface area (Å²) in [7, 11) is 0. The second-order valence-corrected chi connectivity index (χ2v) is 11.3. The first-order valence-electron chi connectivity index (χ1n) is 15.4. The Labute approximate surface area is 261 Å². The van der Waals surface area contributed by atoms with Crippen LogP contribution in [0, 0.1) is 0 Å². The van der Waals surface area contributed by atoms with Crippen molar-refractivity contribution >= 4 is 38.8 Å². The van der Waals surface area contributed by atoms with Gasteiger partial charge in [0.15, 0.2) is 17.5 Å². The van der Waals surface area contributed by atoms with E-state index in [0.29, 0.717) is 17.5 Å². The van der Waals surface area contributed by atoms with Crippen LogP contribution in [0.15, 0.2) is 128 Å². The maximum atomic E-state index is 4.99. The van der Waals surface area contributed by atoms with Crippen LogP contribution in [0.1, 0.15) is 24.6 Å². The van der Waals surface area contributed by atoms with Crippen LogP contribution in [-0.2, 0) is 6.42 Å². The molecule has 0 aliphatic heterocycles. The Hall–Kier alpha value is -5.81. The normalized spacial score (nSPS) is 11.5. The van der Waals surface area contributed by atoms with Gasteiger partial charge >= 0.3 is 0 Å². The number of hydrogen-bond acceptors (Lipinski definition) is 3. The Kier molecular flexibility index (Phi) is 6.57. The van der Waals surface area contributed by atoms with E-state index in [1.165, 1.54) is 21.7 Å². The van der Waals surface area contributed by atoms with Crippen LogP contribution >= 0.6 is 0 Å². The lowest BCUT2D eigenvalue weighted by molar-refractivity contribution is 0.918. The molecule has 0 amide bonds. The molecule has 0 aliphatic rings. The van der Waals surface area contributed by atoms with E-state index in [9.17, 15) is 0 Å². The van der Waals surface area contributed by atoms with Crippen molar-refractivity contribution in [3.05, 3.63) is 139 Å². The Morgan fingerprint density at radius 3 is 1.91 bits per heavy atom. The Morgan fingerprint density at radius 1 is 0.622 bits per heavy atom. The lowest BCUT2D eigenvalue weighted by Crippen LogP contribution is -2.02. The van der Waals surface area contributed by atoms with E-state index in [0.717, 1.165) is 57.5 Å². The van der Waals surface area contributed by atoms with Gasteiger partial charge in [0.2, 0.25) is 0 Å². The summed E-state index contributed by atoms with van der Waals surface area (Å²) in [6.45, 7) is 6.50. The topological polar surface area (TPSA) is 59.4 Å². The molecule has 1 N–H and O–H groups in total. The molecule has 8 rings (SSSR count). The smallest absolute Gasteiger partial charge is 0.164 e. The Bertz CT molecular complexity index is 2290. The van der Waals surface area contributed by atoms with Crippen LogP contribution in [0.2, 0.25) is 0 Å². The number of nitrogens with zero attached hydrogens (tertiary/aromatic N) is 4. The molecule has 0 spiro atoms. The molecule has 45 heavy (non-hydrogen) atoms. The average Bonchev–Trinajstić information content (AvgIpc) is 3.62. The molecule has 0 saturated carbocycles. The highest BCUT2D eigenvalue weighted by Crippen LogP contribution is 2.37. The third kappa shape index (κ3) is 4.61. The van der Waals surface area contributed by atoms with E-state index >= 15 is 0 Å². The summed E-state index contributed by atoms with van der Waals surface area (Å²) in [6.07, 6.45) is 4.00. The predicted molar refractivity (Wildman–Crippen MR) is 186 cm³/mol. The van der Waals surface area contributed by atoms with Crippen LogP contribution in [0.4, 0.5) is 0 Å². The van der Waals surface area contributed by atoms with Gasteiger partial charge in [-0.15, -0.1) is 0 Å². The predicted octanol–water partition coefficient (Wildman–Crippen LogP) is 10.0. The van der Waals surface area contributed by atoms with Crippen molar-refractivity contribution in [1.82, 2.24) is 24.5 Å². The van der Waals surface area contributed by atoms with E-state index < -0.39 is 0 Å². The van der Waals surface area contributed by atoms with Crippen LogP contribution in [-0.4, -0.2) is 24.5 Å². The number of aryl methyl sites for hydroxylation is 1. The average molecular weight is 582 g/mol. The number of H-pyrrole nitrogens is 1. The van der Waals surface area contributed by atoms with Gasteiger partial charge in [-0.1, -0.05) is 111 Å². The molecule has 3 aromatic heterocycles. The molecular formula is C40H31N5. The Balaban J connectivity index is 1.35.